The lowest BCUT2D eigenvalue weighted by Crippen LogP contribution is -2.48. The zero-order chi connectivity index (χ0) is 24.0. The van der Waals surface area contributed by atoms with Gasteiger partial charge in [0.1, 0.15) is 16.6 Å². The summed E-state index contributed by atoms with van der Waals surface area (Å²) in [5, 5.41) is 15.4. The van der Waals surface area contributed by atoms with Crippen LogP contribution >= 0.6 is 11.3 Å². The molecule has 5 rings (SSSR count). The van der Waals surface area contributed by atoms with Gasteiger partial charge in [0.2, 0.25) is 5.91 Å². The number of hydrogen-bond donors (Lipinski definition) is 4. The monoisotopic (exact) mass is 495 g/mol. The molecule has 10 heteroatoms. The summed E-state index contributed by atoms with van der Waals surface area (Å²) in [5.74, 6) is 1.44. The van der Waals surface area contributed by atoms with E-state index in [1.54, 1.807) is 11.3 Å². The van der Waals surface area contributed by atoms with Crippen LogP contribution < -0.4 is 21.3 Å². The van der Waals surface area contributed by atoms with Gasteiger partial charge in [-0.1, -0.05) is 36.8 Å². The Morgan fingerprint density at radius 1 is 1.20 bits per heavy atom. The largest absolute Gasteiger partial charge is 0.379 e. The minimum Gasteiger partial charge on any atom is -0.379 e. The summed E-state index contributed by atoms with van der Waals surface area (Å²) in [6.07, 6.45) is 9.62. The fourth-order valence-corrected chi connectivity index (χ4v) is 5.67. The lowest BCUT2D eigenvalue weighted by molar-refractivity contribution is -0.117. The number of aromatic nitrogens is 2. The van der Waals surface area contributed by atoms with Crippen LogP contribution in [0.5, 0.6) is 0 Å². The Hall–Kier alpha value is -2.95. The van der Waals surface area contributed by atoms with Crippen LogP contribution in [0.1, 0.15) is 36.9 Å². The van der Waals surface area contributed by atoms with Crippen molar-refractivity contribution in [3.63, 3.8) is 0 Å². The van der Waals surface area contributed by atoms with Crippen molar-refractivity contribution < 1.29 is 9.53 Å². The van der Waals surface area contributed by atoms with Crippen LogP contribution in [-0.4, -0.2) is 65.7 Å². The van der Waals surface area contributed by atoms with E-state index < -0.39 is 0 Å². The number of pyridine rings is 1. The van der Waals surface area contributed by atoms with E-state index in [0.29, 0.717) is 0 Å². The number of nitrogens with zero attached hydrogens (tertiary/aromatic N) is 3. The summed E-state index contributed by atoms with van der Waals surface area (Å²) in [7, 11) is 0. The summed E-state index contributed by atoms with van der Waals surface area (Å²) in [6.45, 7) is 8.61. The quantitative estimate of drug-likeness (QED) is 0.412. The van der Waals surface area contributed by atoms with Gasteiger partial charge in [-0.15, -0.1) is 0 Å². The molecule has 1 aliphatic carbocycles. The second-order valence-corrected chi connectivity index (χ2v) is 10.1. The van der Waals surface area contributed by atoms with Gasteiger partial charge >= 0.3 is 0 Å². The normalized spacial score (nSPS) is 22.1. The Morgan fingerprint density at radius 3 is 2.80 bits per heavy atom. The standard InChI is InChI=1S/C25H33N7O2S/c1-2-23(33)28-19-7-4-3-6-18(19)27-21-14-17(16-32-10-12-34-13-11-32)15-22(30-21)31-25-29-20-8-5-9-26-24(20)35-25/h2,5,8,14-15,18-19,26H,1,3-4,6-7,9-13,16H2,(H,28,33)(H2,27,29,30,31). The van der Waals surface area contributed by atoms with Crippen molar-refractivity contribution in [1.29, 1.82) is 0 Å². The molecule has 2 aromatic heterocycles. The summed E-state index contributed by atoms with van der Waals surface area (Å²) in [4.78, 5) is 24.0. The van der Waals surface area contributed by atoms with Crippen LogP contribution in [0.3, 0.4) is 0 Å². The van der Waals surface area contributed by atoms with Gasteiger partial charge in [0.15, 0.2) is 5.13 Å². The van der Waals surface area contributed by atoms with Gasteiger partial charge in [0.25, 0.3) is 0 Å². The van der Waals surface area contributed by atoms with E-state index in [2.05, 4.69) is 51.0 Å². The van der Waals surface area contributed by atoms with Crippen molar-refractivity contribution in [2.75, 3.05) is 48.8 Å². The molecule has 186 valence electrons. The molecule has 35 heavy (non-hydrogen) atoms. The maximum Gasteiger partial charge on any atom is 0.243 e. The minimum absolute atomic E-state index is 0.0545. The molecular formula is C25H33N7O2S. The number of anilines is 4. The van der Waals surface area contributed by atoms with Crippen molar-refractivity contribution in [1.82, 2.24) is 20.2 Å². The van der Waals surface area contributed by atoms with Crippen LogP contribution in [0.2, 0.25) is 0 Å². The zero-order valence-electron chi connectivity index (χ0n) is 19.9. The lowest BCUT2D eigenvalue weighted by Gasteiger charge is -2.33. The van der Waals surface area contributed by atoms with E-state index in [-0.39, 0.29) is 18.0 Å². The van der Waals surface area contributed by atoms with Crippen molar-refractivity contribution in [2.24, 2.45) is 0 Å². The molecular weight excluding hydrogens is 462 g/mol. The fraction of sp³-hybridized carbons (Fsp3) is 0.480. The maximum absolute atomic E-state index is 12.0. The Labute approximate surface area is 210 Å². The van der Waals surface area contributed by atoms with Crippen LogP contribution in [0.15, 0.2) is 30.9 Å². The van der Waals surface area contributed by atoms with Gasteiger partial charge in [0, 0.05) is 38.3 Å². The molecule has 9 nitrogen and oxygen atoms in total. The second-order valence-electron chi connectivity index (χ2n) is 9.13. The van der Waals surface area contributed by atoms with E-state index in [4.69, 9.17) is 14.7 Å². The molecule has 2 aromatic rings. The molecule has 0 radical (unpaired) electrons. The first-order valence-electron chi connectivity index (χ1n) is 12.3. The number of nitrogens with one attached hydrogen (secondary N) is 4. The van der Waals surface area contributed by atoms with Crippen LogP contribution in [-0.2, 0) is 16.1 Å². The Morgan fingerprint density at radius 2 is 2.00 bits per heavy atom. The molecule has 0 spiro atoms. The van der Waals surface area contributed by atoms with E-state index in [1.807, 2.05) is 6.08 Å². The summed E-state index contributed by atoms with van der Waals surface area (Å²) >= 11 is 1.59. The molecule has 2 fully saturated rings. The first-order valence-corrected chi connectivity index (χ1v) is 13.2. The highest BCUT2D eigenvalue weighted by molar-refractivity contribution is 7.19. The SMILES string of the molecule is C=CC(=O)NC1CCCCC1Nc1cc(CN2CCOCC2)cc(Nc2nc3c(s2)NCC=C3)n1. The molecule has 1 amide bonds. The third kappa shape index (κ3) is 6.19. The molecule has 4 N–H and O–H groups in total. The average molecular weight is 496 g/mol. The highest BCUT2D eigenvalue weighted by Gasteiger charge is 2.26. The fourth-order valence-electron chi connectivity index (χ4n) is 4.80. The average Bonchev–Trinajstić information content (AvgIpc) is 3.28. The highest BCUT2D eigenvalue weighted by Crippen LogP contribution is 2.33. The summed E-state index contributed by atoms with van der Waals surface area (Å²) in [5.41, 5.74) is 2.13. The number of morpholine rings is 1. The Kier molecular flexibility index (Phi) is 7.60. The van der Waals surface area contributed by atoms with Crippen LogP contribution in [0.4, 0.5) is 21.8 Å². The molecule has 3 aliphatic rings. The number of fused-ring (bicyclic) bond motifs is 1. The van der Waals surface area contributed by atoms with Crippen molar-refractivity contribution in [2.45, 2.75) is 44.3 Å². The first kappa shape index (κ1) is 23.8. The van der Waals surface area contributed by atoms with Gasteiger partial charge in [-0.3, -0.25) is 9.69 Å². The summed E-state index contributed by atoms with van der Waals surface area (Å²) < 4.78 is 5.52. The van der Waals surface area contributed by atoms with Crippen LogP contribution in [0, 0.1) is 0 Å². The molecule has 0 bridgehead atoms. The molecule has 2 atom stereocenters. The number of rotatable bonds is 8. The predicted molar refractivity (Wildman–Crippen MR) is 141 cm³/mol. The van der Waals surface area contributed by atoms with Gasteiger partial charge < -0.3 is 26.0 Å². The number of carbonyl (C=O) groups is 1. The van der Waals surface area contributed by atoms with E-state index >= 15 is 0 Å². The number of amides is 1. The highest BCUT2D eigenvalue weighted by atomic mass is 32.1. The molecule has 1 saturated carbocycles. The van der Waals surface area contributed by atoms with Crippen LogP contribution in [0.25, 0.3) is 6.08 Å². The topological polar surface area (TPSA) is 103 Å². The molecule has 2 aliphatic heterocycles. The Balaban J connectivity index is 1.37. The molecule has 0 aromatic carbocycles. The number of thiazole rings is 1. The smallest absolute Gasteiger partial charge is 0.243 e. The Bertz CT molecular complexity index is 1080. The molecule has 4 heterocycles. The van der Waals surface area contributed by atoms with Gasteiger partial charge in [0.05, 0.1) is 18.9 Å². The lowest BCUT2D eigenvalue weighted by atomic mass is 9.90. The summed E-state index contributed by atoms with van der Waals surface area (Å²) in [6, 6.07) is 4.40. The second kappa shape index (κ2) is 11.2. The third-order valence-corrected chi connectivity index (χ3v) is 7.50. The van der Waals surface area contributed by atoms with Gasteiger partial charge in [-0.2, -0.15) is 0 Å². The van der Waals surface area contributed by atoms with E-state index in [9.17, 15) is 4.79 Å². The van der Waals surface area contributed by atoms with Crippen molar-refractivity contribution in [3.05, 3.63) is 42.1 Å². The first-order chi connectivity index (χ1) is 17.2. The predicted octanol–water partition coefficient (Wildman–Crippen LogP) is 3.58. The third-order valence-electron chi connectivity index (χ3n) is 6.55. The minimum atomic E-state index is -0.129. The molecule has 2 unspecified atom stereocenters. The number of hydrogen-bond acceptors (Lipinski definition) is 9. The van der Waals surface area contributed by atoms with Gasteiger partial charge in [-0.25, -0.2) is 9.97 Å². The van der Waals surface area contributed by atoms with E-state index in [1.165, 1.54) is 11.6 Å². The van der Waals surface area contributed by atoms with Crippen molar-refractivity contribution in [3.8, 4) is 0 Å². The molecule has 1 saturated heterocycles. The van der Waals surface area contributed by atoms with E-state index in [0.717, 1.165) is 92.5 Å². The zero-order valence-corrected chi connectivity index (χ0v) is 20.7. The van der Waals surface area contributed by atoms with Gasteiger partial charge in [-0.05, 0) is 42.7 Å². The number of ether oxygens (including phenoxy) is 1. The van der Waals surface area contributed by atoms with Crippen molar-refractivity contribution >= 4 is 45.1 Å². The maximum atomic E-state index is 12.0. The number of carbonyl (C=O) groups excluding carboxylic acids is 1.